The fourth-order valence-corrected chi connectivity index (χ4v) is 3.71. The number of piperazine rings is 1. The zero-order valence-corrected chi connectivity index (χ0v) is 17.1. The summed E-state index contributed by atoms with van der Waals surface area (Å²) in [5, 5.41) is 10.4. The van der Waals surface area contributed by atoms with Gasteiger partial charge >= 0.3 is 6.09 Å². The molecular formula is C23H23FN2O5. The van der Waals surface area contributed by atoms with Crippen LogP contribution in [0, 0.1) is 5.82 Å². The average molecular weight is 426 g/mol. The molecule has 0 aliphatic carbocycles. The number of ether oxygens (including phenoxy) is 2. The molecule has 2 aliphatic heterocycles. The number of Topliss-reactive ketones (excluding diaryl/α,β-unsaturated/α-hetero) is 1. The van der Waals surface area contributed by atoms with Crippen molar-refractivity contribution in [1.82, 2.24) is 9.80 Å². The predicted octanol–water partition coefficient (Wildman–Crippen LogP) is 3.42. The molecule has 162 valence electrons. The highest BCUT2D eigenvalue weighted by molar-refractivity contribution is 6.15. The summed E-state index contributed by atoms with van der Waals surface area (Å²) in [6.07, 6.45) is 1.04. The Morgan fingerprint density at radius 2 is 1.94 bits per heavy atom. The molecule has 1 amide bonds. The first-order chi connectivity index (χ1) is 15.0. The molecule has 2 aromatic carbocycles. The van der Waals surface area contributed by atoms with Crippen molar-refractivity contribution in [2.45, 2.75) is 13.5 Å². The largest absolute Gasteiger partial charge is 0.507 e. The minimum Gasteiger partial charge on any atom is -0.507 e. The number of benzene rings is 2. The standard InChI is InChI=1S/C23H23FN2O5/c1-2-30-23(29)26-11-9-25(10-12-26)14-17-19(27)8-7-16-21(28)20(31-22(16)17)13-15-5-3-4-6-18(15)24/h3-8,13,27H,2,9-12,14H2,1H3/b20-13+. The predicted molar refractivity (Wildman–Crippen MR) is 111 cm³/mol. The molecule has 4 rings (SSSR count). The highest BCUT2D eigenvalue weighted by Crippen LogP contribution is 2.40. The molecule has 0 atom stereocenters. The quantitative estimate of drug-likeness (QED) is 0.755. The summed E-state index contributed by atoms with van der Waals surface area (Å²) in [5.74, 6) is -0.484. The van der Waals surface area contributed by atoms with E-state index in [1.165, 1.54) is 24.3 Å². The highest BCUT2D eigenvalue weighted by Gasteiger charge is 2.32. The Hall–Kier alpha value is -3.39. The Labute approximate surface area is 179 Å². The van der Waals surface area contributed by atoms with Gasteiger partial charge in [0, 0.05) is 38.3 Å². The van der Waals surface area contributed by atoms with Gasteiger partial charge in [0.1, 0.15) is 17.3 Å². The maximum Gasteiger partial charge on any atom is 0.409 e. The Morgan fingerprint density at radius 1 is 1.19 bits per heavy atom. The van der Waals surface area contributed by atoms with Crippen LogP contribution in [0.15, 0.2) is 42.2 Å². The van der Waals surface area contributed by atoms with Crippen LogP contribution in [-0.4, -0.2) is 59.6 Å². The van der Waals surface area contributed by atoms with Gasteiger partial charge in [-0.15, -0.1) is 0 Å². The zero-order valence-electron chi connectivity index (χ0n) is 17.1. The first-order valence-corrected chi connectivity index (χ1v) is 10.2. The van der Waals surface area contributed by atoms with Gasteiger partial charge in [-0.3, -0.25) is 9.69 Å². The second kappa shape index (κ2) is 8.77. The lowest BCUT2D eigenvalue weighted by molar-refractivity contribution is 0.0774. The van der Waals surface area contributed by atoms with Crippen LogP contribution < -0.4 is 4.74 Å². The molecule has 8 heteroatoms. The maximum absolute atomic E-state index is 14.0. The van der Waals surface area contributed by atoms with E-state index in [0.29, 0.717) is 56.2 Å². The van der Waals surface area contributed by atoms with Crippen LogP contribution in [0.3, 0.4) is 0 Å². The zero-order chi connectivity index (χ0) is 22.0. The molecular weight excluding hydrogens is 403 g/mol. The van der Waals surface area contributed by atoms with Crippen LogP contribution in [-0.2, 0) is 11.3 Å². The van der Waals surface area contributed by atoms with E-state index < -0.39 is 5.82 Å². The normalized spacial score (nSPS) is 17.5. The highest BCUT2D eigenvalue weighted by atomic mass is 19.1. The summed E-state index contributed by atoms with van der Waals surface area (Å²) in [6.45, 7) is 4.65. The number of amides is 1. The van der Waals surface area contributed by atoms with Crippen molar-refractivity contribution in [2.75, 3.05) is 32.8 Å². The van der Waals surface area contributed by atoms with Crippen molar-refractivity contribution in [3.8, 4) is 11.5 Å². The molecule has 1 fully saturated rings. The number of aromatic hydroxyl groups is 1. The Morgan fingerprint density at radius 3 is 2.65 bits per heavy atom. The second-order valence-corrected chi connectivity index (χ2v) is 7.36. The summed E-state index contributed by atoms with van der Waals surface area (Å²) < 4.78 is 24.8. The van der Waals surface area contributed by atoms with Gasteiger partial charge in [-0.1, -0.05) is 18.2 Å². The maximum atomic E-state index is 14.0. The number of hydrogen-bond donors (Lipinski definition) is 1. The Kier molecular flexibility index (Phi) is 5.90. The fraction of sp³-hybridized carbons (Fsp3) is 0.304. The molecule has 1 N–H and O–H groups in total. The summed E-state index contributed by atoms with van der Waals surface area (Å²) in [6, 6.07) is 9.10. The van der Waals surface area contributed by atoms with E-state index in [0.717, 1.165) is 0 Å². The van der Waals surface area contributed by atoms with E-state index in [1.54, 1.807) is 30.0 Å². The number of phenolic OH excluding ortho intramolecular Hbond substituents is 1. The number of fused-ring (bicyclic) bond motifs is 1. The van der Waals surface area contributed by atoms with Crippen molar-refractivity contribution < 1.29 is 28.6 Å². The lowest BCUT2D eigenvalue weighted by Gasteiger charge is -2.34. The van der Waals surface area contributed by atoms with Gasteiger partial charge in [-0.25, -0.2) is 9.18 Å². The lowest BCUT2D eigenvalue weighted by Crippen LogP contribution is -2.48. The first kappa shape index (κ1) is 20.9. The van der Waals surface area contributed by atoms with Crippen LogP contribution in [0.1, 0.15) is 28.4 Å². The van der Waals surface area contributed by atoms with Gasteiger partial charge < -0.3 is 19.5 Å². The molecule has 0 aromatic heterocycles. The van der Waals surface area contributed by atoms with E-state index in [-0.39, 0.29) is 28.9 Å². The third-order valence-electron chi connectivity index (χ3n) is 5.39. The van der Waals surface area contributed by atoms with E-state index in [1.807, 2.05) is 0 Å². The lowest BCUT2D eigenvalue weighted by atomic mass is 10.0. The fourth-order valence-electron chi connectivity index (χ4n) is 3.71. The van der Waals surface area contributed by atoms with Crippen LogP contribution in [0.5, 0.6) is 11.5 Å². The number of rotatable bonds is 4. The number of halogens is 1. The molecule has 31 heavy (non-hydrogen) atoms. The SMILES string of the molecule is CCOC(=O)N1CCN(Cc2c(O)ccc3c2O/C(=C/c2ccccc2F)C3=O)CC1. The third-order valence-corrected chi connectivity index (χ3v) is 5.39. The first-order valence-electron chi connectivity index (χ1n) is 10.2. The van der Waals surface area contributed by atoms with Gasteiger partial charge in [0.25, 0.3) is 0 Å². The van der Waals surface area contributed by atoms with Gasteiger partial charge in [0.05, 0.1) is 17.7 Å². The monoisotopic (exact) mass is 426 g/mol. The van der Waals surface area contributed by atoms with Gasteiger partial charge in [-0.2, -0.15) is 0 Å². The van der Waals surface area contributed by atoms with Crippen molar-refractivity contribution in [3.05, 3.63) is 64.7 Å². The van der Waals surface area contributed by atoms with Crippen molar-refractivity contribution in [3.63, 3.8) is 0 Å². The molecule has 2 aliphatic rings. The molecule has 2 aromatic rings. The van der Waals surface area contributed by atoms with Gasteiger partial charge in [0.15, 0.2) is 5.76 Å². The number of hydrogen-bond acceptors (Lipinski definition) is 6. The number of phenols is 1. The van der Waals surface area contributed by atoms with E-state index >= 15 is 0 Å². The molecule has 1 saturated heterocycles. The smallest absolute Gasteiger partial charge is 0.409 e. The van der Waals surface area contributed by atoms with E-state index in [9.17, 15) is 19.1 Å². The van der Waals surface area contributed by atoms with E-state index in [4.69, 9.17) is 9.47 Å². The van der Waals surface area contributed by atoms with Crippen molar-refractivity contribution >= 4 is 18.0 Å². The summed E-state index contributed by atoms with van der Waals surface area (Å²) in [7, 11) is 0. The van der Waals surface area contributed by atoms with Crippen LogP contribution in [0.2, 0.25) is 0 Å². The van der Waals surface area contributed by atoms with Crippen molar-refractivity contribution in [2.24, 2.45) is 0 Å². The second-order valence-electron chi connectivity index (χ2n) is 7.36. The average Bonchev–Trinajstić information content (AvgIpc) is 3.08. The van der Waals surface area contributed by atoms with E-state index in [2.05, 4.69) is 4.90 Å². The molecule has 0 radical (unpaired) electrons. The topological polar surface area (TPSA) is 79.3 Å². The molecule has 2 heterocycles. The number of nitrogens with zero attached hydrogens (tertiary/aromatic N) is 2. The molecule has 0 spiro atoms. The minimum absolute atomic E-state index is 0.0130. The summed E-state index contributed by atoms with van der Waals surface area (Å²) in [5.41, 5.74) is 1.08. The van der Waals surface area contributed by atoms with Crippen LogP contribution >= 0.6 is 0 Å². The van der Waals surface area contributed by atoms with Gasteiger partial charge in [0.2, 0.25) is 5.78 Å². The number of ketones is 1. The Balaban J connectivity index is 1.52. The van der Waals surface area contributed by atoms with Crippen LogP contribution in [0.25, 0.3) is 6.08 Å². The molecule has 0 unspecified atom stereocenters. The minimum atomic E-state index is -0.454. The van der Waals surface area contributed by atoms with Crippen LogP contribution in [0.4, 0.5) is 9.18 Å². The number of carbonyl (C=O) groups is 2. The third kappa shape index (κ3) is 4.25. The number of allylic oxidation sites excluding steroid dienone is 1. The summed E-state index contributed by atoms with van der Waals surface area (Å²) >= 11 is 0. The Bertz CT molecular complexity index is 1040. The summed E-state index contributed by atoms with van der Waals surface area (Å²) in [4.78, 5) is 28.4. The molecule has 7 nitrogen and oxygen atoms in total. The van der Waals surface area contributed by atoms with Gasteiger partial charge in [-0.05, 0) is 31.2 Å². The molecule has 0 bridgehead atoms. The molecule has 0 saturated carbocycles. The van der Waals surface area contributed by atoms with Crippen molar-refractivity contribution in [1.29, 1.82) is 0 Å². The number of carbonyl (C=O) groups excluding carboxylic acids is 2.